The standard InChI is InChI=1S/C11H8N2O2/c14-9-5-7-6-3-1-2-4-8(6)12-10(7)11(15)13-9/h1-4,12H,5H2,(H,13,14,15). The molecule has 15 heavy (non-hydrogen) atoms. The molecule has 0 saturated heterocycles. The molecule has 1 aromatic carbocycles. The van der Waals surface area contributed by atoms with Gasteiger partial charge in [-0.05, 0) is 11.6 Å². The van der Waals surface area contributed by atoms with Crippen LogP contribution in [-0.4, -0.2) is 16.8 Å². The number of hydrogen-bond acceptors (Lipinski definition) is 2. The molecule has 1 aromatic heterocycles. The number of amides is 2. The Balaban J connectivity index is 2.36. The number of benzene rings is 1. The molecule has 4 nitrogen and oxygen atoms in total. The topological polar surface area (TPSA) is 62.0 Å². The van der Waals surface area contributed by atoms with Crippen molar-refractivity contribution in [1.82, 2.24) is 10.3 Å². The number of aromatic nitrogens is 1. The van der Waals surface area contributed by atoms with E-state index >= 15 is 0 Å². The Morgan fingerprint density at radius 3 is 2.80 bits per heavy atom. The molecule has 1 aliphatic heterocycles. The quantitative estimate of drug-likeness (QED) is 0.623. The predicted octanol–water partition coefficient (Wildman–Crippen LogP) is 0.980. The van der Waals surface area contributed by atoms with E-state index in [2.05, 4.69) is 10.3 Å². The van der Waals surface area contributed by atoms with Gasteiger partial charge in [-0.15, -0.1) is 0 Å². The molecule has 2 N–H and O–H groups in total. The van der Waals surface area contributed by atoms with Crippen molar-refractivity contribution < 1.29 is 9.59 Å². The largest absolute Gasteiger partial charge is 0.350 e. The van der Waals surface area contributed by atoms with Gasteiger partial charge >= 0.3 is 0 Å². The van der Waals surface area contributed by atoms with Gasteiger partial charge in [-0.3, -0.25) is 14.9 Å². The summed E-state index contributed by atoms with van der Waals surface area (Å²) >= 11 is 0. The highest BCUT2D eigenvalue weighted by molar-refractivity contribution is 6.12. The molecule has 0 aliphatic carbocycles. The van der Waals surface area contributed by atoms with Crippen LogP contribution in [0.2, 0.25) is 0 Å². The van der Waals surface area contributed by atoms with E-state index in [1.807, 2.05) is 24.3 Å². The van der Waals surface area contributed by atoms with Crippen molar-refractivity contribution in [3.63, 3.8) is 0 Å². The van der Waals surface area contributed by atoms with Crippen LogP contribution in [0, 0.1) is 0 Å². The maximum absolute atomic E-state index is 11.5. The lowest BCUT2D eigenvalue weighted by Crippen LogP contribution is -2.37. The third kappa shape index (κ3) is 1.08. The number of hydrogen-bond donors (Lipinski definition) is 2. The Hall–Kier alpha value is -2.10. The summed E-state index contributed by atoms with van der Waals surface area (Å²) in [5, 5.41) is 3.24. The van der Waals surface area contributed by atoms with Gasteiger partial charge in [0.25, 0.3) is 5.91 Å². The number of fused-ring (bicyclic) bond motifs is 3. The van der Waals surface area contributed by atoms with Crippen LogP contribution in [0.15, 0.2) is 24.3 Å². The van der Waals surface area contributed by atoms with E-state index in [9.17, 15) is 9.59 Å². The van der Waals surface area contributed by atoms with Gasteiger partial charge < -0.3 is 4.98 Å². The van der Waals surface area contributed by atoms with Crippen LogP contribution in [0.1, 0.15) is 16.1 Å². The summed E-state index contributed by atoms with van der Waals surface area (Å²) in [6.07, 6.45) is 0.269. The Bertz CT molecular complexity index is 583. The van der Waals surface area contributed by atoms with Crippen molar-refractivity contribution in [2.45, 2.75) is 6.42 Å². The fourth-order valence-electron chi connectivity index (χ4n) is 1.97. The Morgan fingerprint density at radius 1 is 1.13 bits per heavy atom. The summed E-state index contributed by atoms with van der Waals surface area (Å²) < 4.78 is 0. The molecular formula is C11H8N2O2. The number of H-pyrrole nitrogens is 1. The second-order valence-electron chi connectivity index (χ2n) is 3.58. The maximum Gasteiger partial charge on any atom is 0.274 e. The van der Waals surface area contributed by atoms with E-state index in [4.69, 9.17) is 0 Å². The molecule has 74 valence electrons. The van der Waals surface area contributed by atoms with E-state index in [0.717, 1.165) is 16.5 Å². The molecule has 2 heterocycles. The smallest absolute Gasteiger partial charge is 0.274 e. The fourth-order valence-corrected chi connectivity index (χ4v) is 1.97. The van der Waals surface area contributed by atoms with E-state index in [-0.39, 0.29) is 18.2 Å². The lowest BCUT2D eigenvalue weighted by Gasteiger charge is -2.10. The summed E-state index contributed by atoms with van der Waals surface area (Å²) in [6.45, 7) is 0. The summed E-state index contributed by atoms with van der Waals surface area (Å²) in [5.74, 6) is -0.574. The first-order chi connectivity index (χ1) is 7.25. The number of imide groups is 1. The van der Waals surface area contributed by atoms with Crippen molar-refractivity contribution in [2.24, 2.45) is 0 Å². The first kappa shape index (κ1) is 8.23. The van der Waals surface area contributed by atoms with Gasteiger partial charge in [-0.25, -0.2) is 0 Å². The third-order valence-corrected chi connectivity index (χ3v) is 2.63. The van der Waals surface area contributed by atoms with Crippen LogP contribution < -0.4 is 5.32 Å². The van der Waals surface area contributed by atoms with Crippen LogP contribution in [0.25, 0.3) is 10.9 Å². The third-order valence-electron chi connectivity index (χ3n) is 2.63. The number of nitrogens with one attached hydrogen (secondary N) is 2. The summed E-state index contributed by atoms with van der Waals surface area (Å²) in [4.78, 5) is 25.8. The van der Waals surface area contributed by atoms with E-state index in [1.54, 1.807) is 0 Å². The van der Waals surface area contributed by atoms with Gasteiger partial charge in [-0.1, -0.05) is 18.2 Å². The number of rotatable bonds is 0. The minimum absolute atomic E-state index is 0.239. The van der Waals surface area contributed by atoms with Gasteiger partial charge in [0.05, 0.1) is 6.42 Å². The van der Waals surface area contributed by atoms with Crippen LogP contribution >= 0.6 is 0 Å². The van der Waals surface area contributed by atoms with E-state index in [1.165, 1.54) is 0 Å². The molecule has 0 saturated carbocycles. The monoisotopic (exact) mass is 200 g/mol. The molecule has 0 bridgehead atoms. The Labute approximate surface area is 85.3 Å². The first-order valence-electron chi connectivity index (χ1n) is 4.69. The van der Waals surface area contributed by atoms with E-state index in [0.29, 0.717) is 5.69 Å². The van der Waals surface area contributed by atoms with Gasteiger partial charge in [-0.2, -0.15) is 0 Å². The van der Waals surface area contributed by atoms with Crippen molar-refractivity contribution in [2.75, 3.05) is 0 Å². The first-order valence-corrected chi connectivity index (χ1v) is 4.69. The molecule has 0 radical (unpaired) electrons. The van der Waals surface area contributed by atoms with Crippen LogP contribution in [-0.2, 0) is 11.2 Å². The lowest BCUT2D eigenvalue weighted by atomic mass is 10.0. The Morgan fingerprint density at radius 2 is 1.93 bits per heavy atom. The summed E-state index contributed by atoms with van der Waals surface area (Å²) in [5.41, 5.74) is 2.21. The van der Waals surface area contributed by atoms with Crippen molar-refractivity contribution in [1.29, 1.82) is 0 Å². The molecule has 0 unspecified atom stereocenters. The predicted molar refractivity (Wildman–Crippen MR) is 54.5 cm³/mol. The summed E-state index contributed by atoms with van der Waals surface area (Å²) in [6, 6.07) is 7.60. The highest BCUT2D eigenvalue weighted by atomic mass is 16.2. The highest BCUT2D eigenvalue weighted by Crippen LogP contribution is 2.24. The SMILES string of the molecule is O=C1Cc2c([nH]c3ccccc23)C(=O)N1. The zero-order valence-electron chi connectivity index (χ0n) is 7.83. The molecular weight excluding hydrogens is 192 g/mol. The zero-order chi connectivity index (χ0) is 10.4. The average molecular weight is 200 g/mol. The summed E-state index contributed by atoms with van der Waals surface area (Å²) in [7, 11) is 0. The molecule has 1 aliphatic rings. The normalized spacial score (nSPS) is 15.2. The maximum atomic E-state index is 11.5. The molecule has 0 fully saturated rings. The van der Waals surface area contributed by atoms with Crippen LogP contribution in [0.3, 0.4) is 0 Å². The minimum Gasteiger partial charge on any atom is -0.350 e. The molecule has 2 amide bonds. The number of aromatic amines is 1. The minimum atomic E-state index is -0.336. The fraction of sp³-hybridized carbons (Fsp3) is 0.0909. The second kappa shape index (κ2) is 2.70. The molecule has 0 spiro atoms. The second-order valence-corrected chi connectivity index (χ2v) is 3.58. The van der Waals surface area contributed by atoms with Crippen molar-refractivity contribution in [3.05, 3.63) is 35.5 Å². The molecule has 0 atom stereocenters. The molecule has 4 heteroatoms. The van der Waals surface area contributed by atoms with Crippen LogP contribution in [0.4, 0.5) is 0 Å². The number of carbonyl (C=O) groups excluding carboxylic acids is 2. The lowest BCUT2D eigenvalue weighted by molar-refractivity contribution is -0.119. The molecule has 2 aromatic rings. The van der Waals surface area contributed by atoms with Gasteiger partial charge in [0, 0.05) is 10.9 Å². The number of para-hydroxylation sites is 1. The average Bonchev–Trinajstić information content (AvgIpc) is 2.57. The van der Waals surface area contributed by atoms with E-state index < -0.39 is 0 Å². The van der Waals surface area contributed by atoms with Gasteiger partial charge in [0.15, 0.2) is 0 Å². The number of carbonyl (C=O) groups is 2. The Kier molecular flexibility index (Phi) is 1.48. The van der Waals surface area contributed by atoms with Crippen molar-refractivity contribution >= 4 is 22.7 Å². The van der Waals surface area contributed by atoms with Gasteiger partial charge in [0.1, 0.15) is 5.69 Å². The van der Waals surface area contributed by atoms with Gasteiger partial charge in [0.2, 0.25) is 5.91 Å². The van der Waals surface area contributed by atoms with Crippen LogP contribution in [0.5, 0.6) is 0 Å². The highest BCUT2D eigenvalue weighted by Gasteiger charge is 2.25. The van der Waals surface area contributed by atoms with Crippen molar-refractivity contribution in [3.8, 4) is 0 Å². The zero-order valence-corrected chi connectivity index (χ0v) is 7.83. The molecule has 3 rings (SSSR count).